The van der Waals surface area contributed by atoms with Gasteiger partial charge in [0.1, 0.15) is 0 Å². The third-order valence-corrected chi connectivity index (χ3v) is 4.49. The van der Waals surface area contributed by atoms with Crippen molar-refractivity contribution in [2.24, 2.45) is 17.8 Å². The van der Waals surface area contributed by atoms with E-state index >= 15 is 0 Å². The summed E-state index contributed by atoms with van der Waals surface area (Å²) in [6.45, 7) is 3.42. The van der Waals surface area contributed by atoms with Gasteiger partial charge in [-0.1, -0.05) is 6.92 Å². The molecule has 0 aromatic heterocycles. The SMILES string of the molecule is CC1CC(C(=O)O)C(C(=O)NCCC2CCCCO2)C1. The molecule has 2 fully saturated rings. The summed E-state index contributed by atoms with van der Waals surface area (Å²) in [4.78, 5) is 23.3. The third-order valence-electron chi connectivity index (χ3n) is 4.49. The molecule has 1 heterocycles. The van der Waals surface area contributed by atoms with Crippen LogP contribution in [0.15, 0.2) is 0 Å². The third kappa shape index (κ3) is 3.95. The number of carboxylic acid groups (broad SMARTS) is 1. The Hall–Kier alpha value is -1.10. The zero-order valence-corrected chi connectivity index (χ0v) is 12.1. The lowest BCUT2D eigenvalue weighted by molar-refractivity contribution is -0.146. The van der Waals surface area contributed by atoms with Gasteiger partial charge in [-0.25, -0.2) is 0 Å². The monoisotopic (exact) mass is 283 g/mol. The Balaban J connectivity index is 1.74. The Morgan fingerprint density at radius 1 is 1.25 bits per heavy atom. The lowest BCUT2D eigenvalue weighted by Gasteiger charge is -2.23. The highest BCUT2D eigenvalue weighted by Crippen LogP contribution is 2.36. The normalized spacial score (nSPS) is 33.9. The van der Waals surface area contributed by atoms with E-state index in [1.807, 2.05) is 6.92 Å². The van der Waals surface area contributed by atoms with Crippen LogP contribution in [0.4, 0.5) is 0 Å². The van der Waals surface area contributed by atoms with Crippen molar-refractivity contribution in [3.63, 3.8) is 0 Å². The fourth-order valence-electron chi connectivity index (χ4n) is 3.38. The smallest absolute Gasteiger partial charge is 0.307 e. The number of carboxylic acids is 1. The second-order valence-electron chi connectivity index (χ2n) is 6.20. The molecular weight excluding hydrogens is 258 g/mol. The Kier molecular flexibility index (Phi) is 5.40. The van der Waals surface area contributed by atoms with E-state index in [0.717, 1.165) is 25.9 Å². The van der Waals surface area contributed by atoms with E-state index in [1.165, 1.54) is 6.42 Å². The number of ether oxygens (including phenoxy) is 1. The van der Waals surface area contributed by atoms with Crippen molar-refractivity contribution >= 4 is 11.9 Å². The molecule has 0 aromatic carbocycles. The molecule has 2 N–H and O–H groups in total. The molecule has 1 amide bonds. The number of carbonyl (C=O) groups excluding carboxylic acids is 1. The molecule has 2 rings (SSSR count). The average Bonchev–Trinajstić information content (AvgIpc) is 2.82. The fraction of sp³-hybridized carbons (Fsp3) is 0.867. The molecule has 2 aliphatic rings. The van der Waals surface area contributed by atoms with E-state index in [1.54, 1.807) is 0 Å². The zero-order valence-electron chi connectivity index (χ0n) is 12.1. The summed E-state index contributed by atoms with van der Waals surface area (Å²) in [6.07, 6.45) is 5.76. The zero-order chi connectivity index (χ0) is 14.5. The molecule has 1 aliphatic carbocycles. The lowest BCUT2D eigenvalue weighted by Crippen LogP contribution is -2.37. The largest absolute Gasteiger partial charge is 0.481 e. The van der Waals surface area contributed by atoms with Crippen LogP contribution in [0.3, 0.4) is 0 Å². The summed E-state index contributed by atoms with van der Waals surface area (Å²) in [7, 11) is 0. The number of rotatable bonds is 5. The van der Waals surface area contributed by atoms with Crippen LogP contribution in [0.2, 0.25) is 0 Å². The maximum absolute atomic E-state index is 12.1. The number of aliphatic carboxylic acids is 1. The van der Waals surface area contributed by atoms with Gasteiger partial charge >= 0.3 is 5.97 Å². The first-order chi connectivity index (χ1) is 9.58. The summed E-state index contributed by atoms with van der Waals surface area (Å²) >= 11 is 0. The van der Waals surface area contributed by atoms with Crippen molar-refractivity contribution in [3.05, 3.63) is 0 Å². The van der Waals surface area contributed by atoms with Gasteiger partial charge in [-0.05, 0) is 44.4 Å². The quantitative estimate of drug-likeness (QED) is 0.807. The van der Waals surface area contributed by atoms with Crippen molar-refractivity contribution in [3.8, 4) is 0 Å². The van der Waals surface area contributed by atoms with Crippen LogP contribution < -0.4 is 5.32 Å². The average molecular weight is 283 g/mol. The van der Waals surface area contributed by atoms with E-state index < -0.39 is 11.9 Å². The molecule has 1 saturated heterocycles. The van der Waals surface area contributed by atoms with Crippen LogP contribution in [0.1, 0.15) is 45.4 Å². The van der Waals surface area contributed by atoms with E-state index in [0.29, 0.717) is 25.3 Å². The van der Waals surface area contributed by atoms with Gasteiger partial charge in [0.25, 0.3) is 0 Å². The number of amides is 1. The minimum Gasteiger partial charge on any atom is -0.481 e. The summed E-state index contributed by atoms with van der Waals surface area (Å²) in [6, 6.07) is 0. The van der Waals surface area contributed by atoms with Gasteiger partial charge in [0, 0.05) is 13.2 Å². The molecule has 0 spiro atoms. The highest BCUT2D eigenvalue weighted by Gasteiger charge is 2.41. The van der Waals surface area contributed by atoms with Crippen LogP contribution in [0.5, 0.6) is 0 Å². The maximum atomic E-state index is 12.1. The van der Waals surface area contributed by atoms with Crippen molar-refractivity contribution in [1.82, 2.24) is 5.32 Å². The van der Waals surface area contributed by atoms with Gasteiger partial charge in [0.15, 0.2) is 0 Å². The highest BCUT2D eigenvalue weighted by atomic mass is 16.5. The van der Waals surface area contributed by atoms with Crippen molar-refractivity contribution in [2.45, 2.75) is 51.6 Å². The molecule has 5 nitrogen and oxygen atoms in total. The maximum Gasteiger partial charge on any atom is 0.307 e. The highest BCUT2D eigenvalue weighted by molar-refractivity contribution is 5.85. The summed E-state index contributed by atoms with van der Waals surface area (Å²) in [5, 5.41) is 12.1. The number of hydrogen-bond acceptors (Lipinski definition) is 3. The van der Waals surface area contributed by atoms with Crippen LogP contribution >= 0.6 is 0 Å². The minimum absolute atomic E-state index is 0.0995. The molecule has 114 valence electrons. The molecule has 4 atom stereocenters. The minimum atomic E-state index is -0.842. The predicted octanol–water partition coefficient (Wildman–Crippen LogP) is 1.81. The van der Waals surface area contributed by atoms with Crippen molar-refractivity contribution < 1.29 is 19.4 Å². The number of nitrogens with one attached hydrogen (secondary N) is 1. The lowest BCUT2D eigenvalue weighted by atomic mass is 9.95. The Labute approximate surface area is 120 Å². The van der Waals surface area contributed by atoms with E-state index in [2.05, 4.69) is 5.32 Å². The molecule has 0 bridgehead atoms. The fourth-order valence-corrected chi connectivity index (χ4v) is 3.38. The van der Waals surface area contributed by atoms with Gasteiger partial charge in [0.05, 0.1) is 17.9 Å². The topological polar surface area (TPSA) is 75.6 Å². The number of hydrogen-bond donors (Lipinski definition) is 2. The molecule has 20 heavy (non-hydrogen) atoms. The van der Waals surface area contributed by atoms with Gasteiger partial charge in [-0.15, -0.1) is 0 Å². The predicted molar refractivity (Wildman–Crippen MR) is 74.2 cm³/mol. The standard InChI is InChI=1S/C15H25NO4/c1-10-8-12(13(9-10)15(18)19)14(17)16-6-5-11-4-2-3-7-20-11/h10-13H,2-9H2,1H3,(H,16,17)(H,18,19). The van der Waals surface area contributed by atoms with Crippen molar-refractivity contribution in [2.75, 3.05) is 13.2 Å². The first-order valence-corrected chi connectivity index (χ1v) is 7.70. The van der Waals surface area contributed by atoms with Crippen molar-refractivity contribution in [1.29, 1.82) is 0 Å². The molecule has 0 aromatic rings. The molecule has 4 unspecified atom stereocenters. The summed E-state index contributed by atoms with van der Waals surface area (Å²) in [5.41, 5.74) is 0. The van der Waals surface area contributed by atoms with Gasteiger partial charge in [-0.2, -0.15) is 0 Å². The van der Waals surface area contributed by atoms with Crippen LogP contribution in [0.25, 0.3) is 0 Å². The number of carbonyl (C=O) groups is 2. The second kappa shape index (κ2) is 7.07. The van der Waals surface area contributed by atoms with E-state index in [9.17, 15) is 14.7 Å². The molecular formula is C15H25NO4. The van der Waals surface area contributed by atoms with Gasteiger partial charge in [0.2, 0.25) is 5.91 Å². The van der Waals surface area contributed by atoms with Crippen LogP contribution in [-0.2, 0) is 14.3 Å². The van der Waals surface area contributed by atoms with Gasteiger partial charge in [-0.3, -0.25) is 9.59 Å². The van der Waals surface area contributed by atoms with Crippen LogP contribution in [0, 0.1) is 17.8 Å². The Morgan fingerprint density at radius 3 is 2.65 bits per heavy atom. The summed E-state index contributed by atoms with van der Waals surface area (Å²) in [5.74, 6) is -1.51. The van der Waals surface area contributed by atoms with E-state index in [-0.39, 0.29) is 17.9 Å². The molecule has 1 saturated carbocycles. The summed E-state index contributed by atoms with van der Waals surface area (Å²) < 4.78 is 5.62. The van der Waals surface area contributed by atoms with Gasteiger partial charge < -0.3 is 15.2 Å². The molecule has 0 radical (unpaired) electrons. The molecule has 5 heteroatoms. The van der Waals surface area contributed by atoms with E-state index in [4.69, 9.17) is 4.74 Å². The first-order valence-electron chi connectivity index (χ1n) is 7.70. The van der Waals surface area contributed by atoms with Crippen LogP contribution in [-0.4, -0.2) is 36.2 Å². The Morgan fingerprint density at radius 2 is 2.00 bits per heavy atom. The first kappa shape index (κ1) is 15.3. The Bertz CT molecular complexity index is 352. The second-order valence-corrected chi connectivity index (χ2v) is 6.20. The molecule has 1 aliphatic heterocycles.